The Bertz CT molecular complexity index is 408. The summed E-state index contributed by atoms with van der Waals surface area (Å²) in [4.78, 5) is 11.7. The van der Waals surface area contributed by atoms with Gasteiger partial charge in [0.05, 0.1) is 5.75 Å². The summed E-state index contributed by atoms with van der Waals surface area (Å²) >= 11 is 2.86. The first-order valence-corrected chi connectivity index (χ1v) is 8.06. The van der Waals surface area contributed by atoms with Crippen LogP contribution in [0.3, 0.4) is 0 Å². The normalized spacial score (nSPS) is 11.9. The van der Waals surface area contributed by atoms with Gasteiger partial charge in [0.25, 0.3) is 0 Å². The maximum atomic E-state index is 11.7. The molecule has 1 aromatic heterocycles. The number of thioether (sulfide) groups is 1. The summed E-state index contributed by atoms with van der Waals surface area (Å²) < 4.78 is 0.796. The predicted octanol–water partition coefficient (Wildman–Crippen LogP) is 2.53. The molecule has 0 saturated heterocycles. The Labute approximate surface area is 122 Å². The molecule has 1 atom stereocenters. The molecule has 0 aliphatic heterocycles. The highest BCUT2D eigenvalue weighted by atomic mass is 32.2. The molecule has 1 aromatic rings. The Balaban J connectivity index is 2.29. The van der Waals surface area contributed by atoms with E-state index in [1.807, 2.05) is 6.92 Å². The number of carbonyl (C=O) groups excluding carboxylic acids is 1. The molecule has 1 unspecified atom stereocenters. The number of nitrogens with zero attached hydrogens (tertiary/aromatic N) is 2. The molecule has 106 valence electrons. The first-order chi connectivity index (χ1) is 9.15. The number of aromatic nitrogens is 2. The minimum atomic E-state index is 0.0433. The van der Waals surface area contributed by atoms with Gasteiger partial charge < -0.3 is 10.6 Å². The Morgan fingerprint density at radius 3 is 3.05 bits per heavy atom. The van der Waals surface area contributed by atoms with Crippen LogP contribution in [-0.2, 0) is 4.79 Å². The molecule has 0 radical (unpaired) electrons. The van der Waals surface area contributed by atoms with Gasteiger partial charge in [0, 0.05) is 12.6 Å². The summed E-state index contributed by atoms with van der Waals surface area (Å²) in [6.45, 7) is 8.41. The van der Waals surface area contributed by atoms with Gasteiger partial charge in [-0.1, -0.05) is 42.5 Å². The van der Waals surface area contributed by atoms with E-state index in [2.05, 4.69) is 34.3 Å². The monoisotopic (exact) mass is 300 g/mol. The SMILES string of the molecule is C=CCNc1nnc(SCC(=O)NC(C)CCC)s1. The fourth-order valence-corrected chi connectivity index (χ4v) is 3.02. The maximum Gasteiger partial charge on any atom is 0.230 e. The molecule has 1 rings (SSSR count). The Morgan fingerprint density at radius 2 is 2.37 bits per heavy atom. The maximum absolute atomic E-state index is 11.7. The third-order valence-corrected chi connectivity index (χ3v) is 4.27. The predicted molar refractivity (Wildman–Crippen MR) is 81.8 cm³/mol. The summed E-state index contributed by atoms with van der Waals surface area (Å²) in [5.74, 6) is 0.422. The molecule has 0 spiro atoms. The highest BCUT2D eigenvalue weighted by Crippen LogP contribution is 2.25. The van der Waals surface area contributed by atoms with Gasteiger partial charge in [-0.3, -0.25) is 4.79 Å². The van der Waals surface area contributed by atoms with Crippen LogP contribution in [0.2, 0.25) is 0 Å². The van der Waals surface area contributed by atoms with E-state index in [9.17, 15) is 4.79 Å². The molecule has 0 aliphatic rings. The second-order valence-corrected chi connectivity index (χ2v) is 6.29. The van der Waals surface area contributed by atoms with Crippen molar-refractivity contribution in [1.82, 2.24) is 15.5 Å². The Hall–Kier alpha value is -1.08. The van der Waals surface area contributed by atoms with Crippen molar-refractivity contribution in [3.8, 4) is 0 Å². The molecular weight excluding hydrogens is 280 g/mol. The number of hydrogen-bond donors (Lipinski definition) is 2. The topological polar surface area (TPSA) is 66.9 Å². The second-order valence-electron chi connectivity index (χ2n) is 4.09. The lowest BCUT2D eigenvalue weighted by Gasteiger charge is -2.11. The average Bonchev–Trinajstić information content (AvgIpc) is 2.82. The summed E-state index contributed by atoms with van der Waals surface area (Å²) in [5, 5.41) is 14.8. The summed E-state index contributed by atoms with van der Waals surface area (Å²) in [6, 6.07) is 0.234. The lowest BCUT2D eigenvalue weighted by Crippen LogP contribution is -2.33. The number of carbonyl (C=O) groups is 1. The van der Waals surface area contributed by atoms with Crippen LogP contribution in [-0.4, -0.2) is 34.4 Å². The van der Waals surface area contributed by atoms with Crippen LogP contribution < -0.4 is 10.6 Å². The molecule has 1 amide bonds. The van der Waals surface area contributed by atoms with Crippen LogP contribution in [0.5, 0.6) is 0 Å². The van der Waals surface area contributed by atoms with Crippen molar-refractivity contribution in [2.45, 2.75) is 37.1 Å². The molecule has 0 aliphatic carbocycles. The molecule has 0 fully saturated rings. The second kappa shape index (κ2) is 8.92. The number of amides is 1. The fraction of sp³-hybridized carbons (Fsp3) is 0.583. The summed E-state index contributed by atoms with van der Waals surface area (Å²) in [7, 11) is 0. The van der Waals surface area contributed by atoms with Gasteiger partial charge in [-0.25, -0.2) is 0 Å². The quantitative estimate of drug-likeness (QED) is 0.542. The zero-order valence-electron chi connectivity index (χ0n) is 11.3. The van der Waals surface area contributed by atoms with Gasteiger partial charge in [-0.05, 0) is 13.3 Å². The lowest BCUT2D eigenvalue weighted by atomic mass is 10.2. The van der Waals surface area contributed by atoms with Gasteiger partial charge in [0.1, 0.15) is 0 Å². The molecule has 19 heavy (non-hydrogen) atoms. The van der Waals surface area contributed by atoms with Gasteiger partial charge in [0.2, 0.25) is 11.0 Å². The number of nitrogens with one attached hydrogen (secondary N) is 2. The number of hydrogen-bond acceptors (Lipinski definition) is 6. The molecule has 2 N–H and O–H groups in total. The van der Waals surface area contributed by atoms with E-state index in [0.717, 1.165) is 22.3 Å². The molecule has 7 heteroatoms. The van der Waals surface area contributed by atoms with Gasteiger partial charge in [0.15, 0.2) is 4.34 Å². The minimum Gasteiger partial charge on any atom is -0.357 e. The third kappa shape index (κ3) is 6.58. The number of rotatable bonds is 9. The largest absolute Gasteiger partial charge is 0.357 e. The van der Waals surface area contributed by atoms with Crippen LogP contribution in [0, 0.1) is 0 Å². The summed E-state index contributed by atoms with van der Waals surface area (Å²) in [6.07, 6.45) is 3.84. The minimum absolute atomic E-state index is 0.0433. The Kier molecular flexibility index (Phi) is 7.50. The molecular formula is C12H20N4OS2. The van der Waals surface area contributed by atoms with E-state index in [0.29, 0.717) is 12.3 Å². The molecule has 0 aromatic carbocycles. The van der Waals surface area contributed by atoms with Crippen LogP contribution in [0.4, 0.5) is 5.13 Å². The fourth-order valence-electron chi connectivity index (χ4n) is 1.45. The van der Waals surface area contributed by atoms with Crippen LogP contribution >= 0.6 is 23.1 Å². The van der Waals surface area contributed by atoms with E-state index in [4.69, 9.17) is 0 Å². The zero-order valence-corrected chi connectivity index (χ0v) is 12.9. The van der Waals surface area contributed by atoms with E-state index in [1.54, 1.807) is 6.08 Å². The van der Waals surface area contributed by atoms with Gasteiger partial charge in [-0.15, -0.1) is 16.8 Å². The smallest absolute Gasteiger partial charge is 0.230 e. The van der Waals surface area contributed by atoms with Crippen molar-refractivity contribution in [3.05, 3.63) is 12.7 Å². The van der Waals surface area contributed by atoms with E-state index < -0.39 is 0 Å². The average molecular weight is 300 g/mol. The zero-order chi connectivity index (χ0) is 14.1. The van der Waals surface area contributed by atoms with Crippen molar-refractivity contribution >= 4 is 34.1 Å². The molecule has 0 bridgehead atoms. The van der Waals surface area contributed by atoms with Crippen molar-refractivity contribution in [1.29, 1.82) is 0 Å². The van der Waals surface area contributed by atoms with Gasteiger partial charge in [-0.2, -0.15) is 0 Å². The molecule has 0 saturated carbocycles. The van der Waals surface area contributed by atoms with Crippen LogP contribution in [0.15, 0.2) is 17.0 Å². The van der Waals surface area contributed by atoms with Crippen molar-refractivity contribution in [2.24, 2.45) is 0 Å². The highest BCUT2D eigenvalue weighted by molar-refractivity contribution is 8.01. The first kappa shape index (κ1) is 16.0. The molecule has 5 nitrogen and oxygen atoms in total. The first-order valence-electron chi connectivity index (χ1n) is 6.26. The number of anilines is 1. The highest BCUT2D eigenvalue weighted by Gasteiger charge is 2.09. The van der Waals surface area contributed by atoms with E-state index >= 15 is 0 Å². The standard InChI is InChI=1S/C12H20N4OS2/c1-4-6-9(3)14-10(17)8-18-12-16-15-11(19-12)13-7-5-2/h5,9H,2,4,6-8H2,1,3H3,(H,13,15)(H,14,17). The van der Waals surface area contributed by atoms with Gasteiger partial charge >= 0.3 is 0 Å². The summed E-state index contributed by atoms with van der Waals surface area (Å²) in [5.41, 5.74) is 0. The van der Waals surface area contributed by atoms with Crippen molar-refractivity contribution in [3.63, 3.8) is 0 Å². The van der Waals surface area contributed by atoms with E-state index in [-0.39, 0.29) is 11.9 Å². The van der Waals surface area contributed by atoms with Crippen LogP contribution in [0.1, 0.15) is 26.7 Å². The third-order valence-electron chi connectivity index (χ3n) is 2.26. The Morgan fingerprint density at radius 1 is 1.58 bits per heavy atom. The van der Waals surface area contributed by atoms with Crippen molar-refractivity contribution < 1.29 is 4.79 Å². The lowest BCUT2D eigenvalue weighted by molar-refractivity contribution is -0.119. The van der Waals surface area contributed by atoms with E-state index in [1.165, 1.54) is 23.1 Å². The van der Waals surface area contributed by atoms with Crippen LogP contribution in [0.25, 0.3) is 0 Å². The van der Waals surface area contributed by atoms with Crippen molar-refractivity contribution in [2.75, 3.05) is 17.6 Å². The molecule has 1 heterocycles.